The van der Waals surface area contributed by atoms with Gasteiger partial charge in [-0.2, -0.15) is 0 Å². The molecule has 0 aromatic carbocycles. The number of carboxylic acid groups (broad SMARTS) is 1. The van der Waals surface area contributed by atoms with E-state index >= 15 is 0 Å². The summed E-state index contributed by atoms with van der Waals surface area (Å²) in [5.41, 5.74) is 3.70. The Kier molecular flexibility index (Phi) is 4.53. The van der Waals surface area contributed by atoms with Gasteiger partial charge in [0.1, 0.15) is 5.65 Å². The molecule has 0 fully saturated rings. The number of hydrogen-bond acceptors (Lipinski definition) is 5. The van der Waals surface area contributed by atoms with Crippen LogP contribution in [0.5, 0.6) is 0 Å². The zero-order valence-electron chi connectivity index (χ0n) is 14.7. The van der Waals surface area contributed by atoms with Gasteiger partial charge in [-0.3, -0.25) is 9.78 Å². The van der Waals surface area contributed by atoms with Crippen molar-refractivity contribution in [3.63, 3.8) is 0 Å². The molecule has 136 valence electrons. The number of aliphatic carboxylic acids is 1. The van der Waals surface area contributed by atoms with Gasteiger partial charge >= 0.3 is 5.97 Å². The number of rotatable bonds is 5. The summed E-state index contributed by atoms with van der Waals surface area (Å²) in [5, 5.41) is 10.0. The lowest BCUT2D eigenvalue weighted by molar-refractivity contribution is -0.136. The maximum Gasteiger partial charge on any atom is 0.307 e. The zero-order valence-corrected chi connectivity index (χ0v) is 15.5. The molecular formula is C18H19N3O4S. The minimum absolute atomic E-state index is 0.0829. The fourth-order valence-corrected chi connectivity index (χ4v) is 3.66. The predicted molar refractivity (Wildman–Crippen MR) is 97.0 cm³/mol. The van der Waals surface area contributed by atoms with Gasteiger partial charge in [0.15, 0.2) is 9.84 Å². The molecule has 8 heteroatoms. The van der Waals surface area contributed by atoms with Crippen molar-refractivity contribution in [2.24, 2.45) is 0 Å². The quantitative estimate of drug-likeness (QED) is 0.735. The van der Waals surface area contributed by atoms with Gasteiger partial charge in [0.05, 0.1) is 23.6 Å². The molecule has 0 amide bonds. The predicted octanol–water partition coefficient (Wildman–Crippen LogP) is 2.13. The standard InChI is InChI=1S/C18H19N3O4S/c1-11-7-13(26(3,24)25)9-20-16(11)10-21-12(2)15(8-17(22)23)14-5-4-6-19-18(14)21/h4-7,9H,8,10H2,1-3H3,(H,22,23). The highest BCUT2D eigenvalue weighted by Gasteiger charge is 2.18. The summed E-state index contributed by atoms with van der Waals surface area (Å²) in [7, 11) is -3.31. The molecule has 0 radical (unpaired) electrons. The van der Waals surface area contributed by atoms with Crippen LogP contribution in [-0.2, 0) is 27.6 Å². The summed E-state index contributed by atoms with van der Waals surface area (Å²) in [5.74, 6) is -0.900. The number of sulfone groups is 1. The van der Waals surface area contributed by atoms with Gasteiger partial charge in [-0.1, -0.05) is 0 Å². The molecule has 0 saturated heterocycles. The summed E-state index contributed by atoms with van der Waals surface area (Å²) >= 11 is 0. The largest absolute Gasteiger partial charge is 0.481 e. The number of carboxylic acids is 1. The highest BCUT2D eigenvalue weighted by atomic mass is 32.2. The summed E-state index contributed by atoms with van der Waals surface area (Å²) in [6, 6.07) is 5.24. The average molecular weight is 373 g/mol. The van der Waals surface area contributed by atoms with Crippen molar-refractivity contribution in [1.29, 1.82) is 0 Å². The average Bonchev–Trinajstić information content (AvgIpc) is 2.81. The van der Waals surface area contributed by atoms with Gasteiger partial charge in [-0.05, 0) is 43.2 Å². The van der Waals surface area contributed by atoms with Crippen molar-refractivity contribution in [2.75, 3.05) is 6.26 Å². The van der Waals surface area contributed by atoms with Crippen LogP contribution in [0.1, 0.15) is 22.5 Å². The van der Waals surface area contributed by atoms with Gasteiger partial charge in [0.25, 0.3) is 0 Å². The molecule has 3 aromatic heterocycles. The molecule has 0 unspecified atom stereocenters. The first-order valence-corrected chi connectivity index (χ1v) is 9.87. The van der Waals surface area contributed by atoms with Crippen LogP contribution in [0.2, 0.25) is 0 Å². The SMILES string of the molecule is Cc1cc(S(C)(=O)=O)cnc1Cn1c(C)c(CC(=O)O)c2cccnc21. The Hall–Kier alpha value is -2.74. The molecule has 3 rings (SSSR count). The van der Waals surface area contributed by atoms with Crippen LogP contribution in [0.15, 0.2) is 35.5 Å². The minimum Gasteiger partial charge on any atom is -0.481 e. The Morgan fingerprint density at radius 1 is 1.27 bits per heavy atom. The first-order chi connectivity index (χ1) is 12.2. The molecule has 26 heavy (non-hydrogen) atoms. The smallest absolute Gasteiger partial charge is 0.307 e. The van der Waals surface area contributed by atoms with Crippen LogP contribution in [0, 0.1) is 13.8 Å². The van der Waals surface area contributed by atoms with E-state index in [0.29, 0.717) is 17.9 Å². The number of carbonyl (C=O) groups is 1. The van der Waals surface area contributed by atoms with Crippen molar-refractivity contribution in [2.45, 2.75) is 31.7 Å². The highest BCUT2D eigenvalue weighted by molar-refractivity contribution is 7.90. The summed E-state index contributed by atoms with van der Waals surface area (Å²) in [6.07, 6.45) is 4.08. The third-order valence-electron chi connectivity index (χ3n) is 4.43. The van der Waals surface area contributed by atoms with E-state index in [4.69, 9.17) is 0 Å². The van der Waals surface area contributed by atoms with E-state index in [2.05, 4.69) is 9.97 Å². The van der Waals surface area contributed by atoms with Crippen molar-refractivity contribution < 1.29 is 18.3 Å². The molecular weight excluding hydrogens is 354 g/mol. The normalized spacial score (nSPS) is 11.8. The molecule has 0 atom stereocenters. The van der Waals surface area contributed by atoms with E-state index < -0.39 is 15.8 Å². The minimum atomic E-state index is -3.31. The van der Waals surface area contributed by atoms with E-state index in [-0.39, 0.29) is 11.3 Å². The van der Waals surface area contributed by atoms with Gasteiger partial charge < -0.3 is 9.67 Å². The number of fused-ring (bicyclic) bond motifs is 1. The highest BCUT2D eigenvalue weighted by Crippen LogP contribution is 2.26. The van der Waals surface area contributed by atoms with E-state index in [1.165, 1.54) is 6.20 Å². The first kappa shape index (κ1) is 18.1. The van der Waals surface area contributed by atoms with Gasteiger partial charge in [0.2, 0.25) is 0 Å². The molecule has 0 spiro atoms. The Bertz CT molecular complexity index is 1120. The fourth-order valence-electron chi connectivity index (χ4n) is 3.03. The maximum absolute atomic E-state index is 11.7. The molecule has 0 aliphatic rings. The topological polar surface area (TPSA) is 102 Å². The van der Waals surface area contributed by atoms with Gasteiger partial charge in [-0.15, -0.1) is 0 Å². The van der Waals surface area contributed by atoms with Crippen LogP contribution in [0.25, 0.3) is 11.0 Å². The summed E-state index contributed by atoms with van der Waals surface area (Å²) < 4.78 is 25.3. The molecule has 1 N–H and O–H groups in total. The Balaban J connectivity index is 2.10. The van der Waals surface area contributed by atoms with Crippen molar-refractivity contribution in [3.05, 3.63) is 53.1 Å². The van der Waals surface area contributed by atoms with Gasteiger partial charge in [-0.25, -0.2) is 13.4 Å². The van der Waals surface area contributed by atoms with Crippen LogP contribution >= 0.6 is 0 Å². The van der Waals surface area contributed by atoms with E-state index in [1.807, 2.05) is 24.5 Å². The number of hydrogen-bond donors (Lipinski definition) is 1. The third-order valence-corrected chi connectivity index (χ3v) is 5.51. The van der Waals surface area contributed by atoms with Crippen LogP contribution < -0.4 is 0 Å². The molecule has 0 bridgehead atoms. The number of aryl methyl sites for hydroxylation is 1. The second kappa shape index (κ2) is 6.53. The van der Waals surface area contributed by atoms with Crippen LogP contribution in [0.3, 0.4) is 0 Å². The summed E-state index contributed by atoms with van der Waals surface area (Å²) in [4.78, 5) is 20.1. The lowest BCUT2D eigenvalue weighted by Gasteiger charge is -2.11. The number of nitrogens with zero attached hydrogens (tertiary/aromatic N) is 3. The Morgan fingerprint density at radius 2 is 2.00 bits per heavy atom. The first-order valence-electron chi connectivity index (χ1n) is 7.98. The summed E-state index contributed by atoms with van der Waals surface area (Å²) in [6.45, 7) is 4.05. The van der Waals surface area contributed by atoms with Crippen molar-refractivity contribution in [3.8, 4) is 0 Å². The lowest BCUT2D eigenvalue weighted by atomic mass is 10.1. The van der Waals surface area contributed by atoms with Crippen molar-refractivity contribution in [1.82, 2.24) is 14.5 Å². The van der Waals surface area contributed by atoms with Crippen LogP contribution in [-0.4, -0.2) is 40.3 Å². The second-order valence-electron chi connectivity index (χ2n) is 6.30. The zero-order chi connectivity index (χ0) is 19.1. The molecule has 0 aliphatic carbocycles. The lowest BCUT2D eigenvalue weighted by Crippen LogP contribution is -2.09. The third kappa shape index (κ3) is 3.32. The second-order valence-corrected chi connectivity index (χ2v) is 8.32. The fraction of sp³-hybridized carbons (Fsp3) is 0.278. The van der Waals surface area contributed by atoms with Gasteiger partial charge in [0, 0.05) is 29.7 Å². The molecule has 0 aliphatic heterocycles. The Morgan fingerprint density at radius 3 is 2.62 bits per heavy atom. The molecule has 3 aromatic rings. The monoisotopic (exact) mass is 373 g/mol. The molecule has 0 saturated carbocycles. The molecule has 7 nitrogen and oxygen atoms in total. The van der Waals surface area contributed by atoms with E-state index in [1.54, 1.807) is 18.3 Å². The maximum atomic E-state index is 11.7. The number of pyridine rings is 2. The molecule has 3 heterocycles. The van der Waals surface area contributed by atoms with Crippen LogP contribution in [0.4, 0.5) is 0 Å². The van der Waals surface area contributed by atoms with E-state index in [9.17, 15) is 18.3 Å². The van der Waals surface area contributed by atoms with Crippen molar-refractivity contribution >= 4 is 26.8 Å². The Labute approximate surface area is 151 Å². The number of aromatic nitrogens is 3. The van der Waals surface area contributed by atoms with E-state index in [0.717, 1.165) is 28.5 Å².